The number of aliphatic hydroxyl groups is 1. The van der Waals surface area contributed by atoms with Crippen molar-refractivity contribution in [3.63, 3.8) is 0 Å². The molecule has 2 heterocycles. The maximum atomic E-state index is 12.8. The predicted octanol–water partition coefficient (Wildman–Crippen LogP) is -0.0629. The van der Waals surface area contributed by atoms with Crippen molar-refractivity contribution in [3.8, 4) is 5.69 Å². The summed E-state index contributed by atoms with van der Waals surface area (Å²) in [6.07, 6.45) is 3.42. The molecule has 3 amide bonds. The molecule has 0 bridgehead atoms. The van der Waals surface area contributed by atoms with Gasteiger partial charge in [-0.2, -0.15) is 0 Å². The van der Waals surface area contributed by atoms with E-state index in [-0.39, 0.29) is 5.56 Å². The van der Waals surface area contributed by atoms with Gasteiger partial charge < -0.3 is 21.1 Å². The average Bonchev–Trinajstić information content (AvgIpc) is 3.52. The summed E-state index contributed by atoms with van der Waals surface area (Å²) in [4.78, 5) is 50.8. The number of rotatable bonds is 5. The van der Waals surface area contributed by atoms with Crippen LogP contribution in [0.1, 0.15) is 36.0 Å². The molecule has 1 saturated carbocycles. The van der Waals surface area contributed by atoms with Gasteiger partial charge in [0.15, 0.2) is 0 Å². The maximum absolute atomic E-state index is 12.8. The SMILES string of the molecule is NC(=O)C1C(NC(=O)c2ccc(-n3ccccc3=O)cc2)CCCN1C(=O)C1(O)CC1. The Balaban J connectivity index is 1.50. The standard InChI is InChI=1S/C22H24N4O5/c23-19(28)18-16(4-3-13-26(18)21(30)22(31)10-11-22)24-20(29)14-6-8-15(9-7-14)25-12-2-1-5-17(25)27/h1-2,5-9,12,16,18,31H,3-4,10-11,13H2,(H2,23,28)(H,24,29). The first kappa shape index (κ1) is 20.8. The van der Waals surface area contributed by atoms with Crippen LogP contribution in [-0.4, -0.2) is 56.5 Å². The Bertz CT molecular complexity index is 1070. The van der Waals surface area contributed by atoms with E-state index < -0.39 is 35.4 Å². The summed E-state index contributed by atoms with van der Waals surface area (Å²) in [5.74, 6) is -1.64. The summed E-state index contributed by atoms with van der Waals surface area (Å²) in [5.41, 5.74) is 4.93. The number of piperidine rings is 1. The van der Waals surface area contributed by atoms with Crippen LogP contribution in [0.25, 0.3) is 5.69 Å². The van der Waals surface area contributed by atoms with Crippen LogP contribution in [-0.2, 0) is 9.59 Å². The lowest BCUT2D eigenvalue weighted by Gasteiger charge is -2.40. The maximum Gasteiger partial charge on any atom is 0.255 e. The Morgan fingerprint density at radius 3 is 2.42 bits per heavy atom. The van der Waals surface area contributed by atoms with Gasteiger partial charge in [-0.15, -0.1) is 0 Å². The van der Waals surface area contributed by atoms with E-state index in [1.54, 1.807) is 42.6 Å². The molecule has 2 aromatic rings. The van der Waals surface area contributed by atoms with Gasteiger partial charge in [0.1, 0.15) is 11.6 Å². The van der Waals surface area contributed by atoms with Gasteiger partial charge in [-0.05, 0) is 56.0 Å². The van der Waals surface area contributed by atoms with Gasteiger partial charge in [0.2, 0.25) is 5.91 Å². The number of nitrogens with two attached hydrogens (primary N) is 1. The number of nitrogens with zero attached hydrogens (tertiary/aromatic N) is 2. The highest BCUT2D eigenvalue weighted by molar-refractivity contribution is 5.96. The van der Waals surface area contributed by atoms with E-state index in [9.17, 15) is 24.3 Å². The lowest BCUT2D eigenvalue weighted by atomic mass is 9.94. The molecular formula is C22H24N4O5. The minimum atomic E-state index is -1.41. The molecule has 0 spiro atoms. The highest BCUT2D eigenvalue weighted by Crippen LogP contribution is 2.38. The number of hydrogen-bond acceptors (Lipinski definition) is 5. The molecule has 2 unspecified atom stereocenters. The number of benzene rings is 1. The van der Waals surface area contributed by atoms with Crippen molar-refractivity contribution in [2.24, 2.45) is 5.73 Å². The summed E-state index contributed by atoms with van der Waals surface area (Å²) in [6.45, 7) is 0.307. The predicted molar refractivity (Wildman–Crippen MR) is 111 cm³/mol. The Morgan fingerprint density at radius 1 is 1.10 bits per heavy atom. The second kappa shape index (κ2) is 7.99. The van der Waals surface area contributed by atoms with Crippen LogP contribution >= 0.6 is 0 Å². The van der Waals surface area contributed by atoms with Crippen LogP contribution in [0.5, 0.6) is 0 Å². The summed E-state index contributed by atoms with van der Waals surface area (Å²) in [5, 5.41) is 13.0. The highest BCUT2D eigenvalue weighted by Gasteiger charge is 2.53. The number of amides is 3. The molecule has 2 atom stereocenters. The van der Waals surface area contributed by atoms with Crippen LogP contribution in [0.15, 0.2) is 53.5 Å². The van der Waals surface area contributed by atoms with Crippen LogP contribution < -0.4 is 16.6 Å². The first-order chi connectivity index (χ1) is 14.8. The van der Waals surface area contributed by atoms with Crippen molar-refractivity contribution in [1.29, 1.82) is 0 Å². The largest absolute Gasteiger partial charge is 0.380 e. The van der Waals surface area contributed by atoms with E-state index in [1.807, 2.05) is 0 Å². The van der Waals surface area contributed by atoms with Gasteiger partial charge in [-0.1, -0.05) is 6.07 Å². The monoisotopic (exact) mass is 424 g/mol. The van der Waals surface area contributed by atoms with E-state index in [0.29, 0.717) is 43.5 Å². The molecule has 0 radical (unpaired) electrons. The number of carbonyl (C=O) groups excluding carboxylic acids is 3. The highest BCUT2D eigenvalue weighted by atomic mass is 16.3. The first-order valence-corrected chi connectivity index (χ1v) is 10.2. The van der Waals surface area contributed by atoms with E-state index in [2.05, 4.69) is 5.32 Å². The molecule has 9 heteroatoms. The van der Waals surface area contributed by atoms with E-state index >= 15 is 0 Å². The third-order valence-electron chi connectivity index (χ3n) is 5.85. The third kappa shape index (κ3) is 4.09. The zero-order valence-electron chi connectivity index (χ0n) is 16.9. The molecule has 31 heavy (non-hydrogen) atoms. The lowest BCUT2D eigenvalue weighted by Crippen LogP contribution is -2.63. The number of hydrogen-bond donors (Lipinski definition) is 3. The smallest absolute Gasteiger partial charge is 0.255 e. The Morgan fingerprint density at radius 2 is 1.81 bits per heavy atom. The molecule has 1 aromatic heterocycles. The number of pyridine rings is 1. The molecule has 2 aliphatic rings. The molecule has 4 N–H and O–H groups in total. The fourth-order valence-corrected chi connectivity index (χ4v) is 3.99. The van der Waals surface area contributed by atoms with Crippen molar-refractivity contribution in [2.75, 3.05) is 6.54 Å². The molecule has 2 fully saturated rings. The molecule has 1 aliphatic heterocycles. The van der Waals surface area contributed by atoms with Crippen molar-refractivity contribution >= 4 is 17.7 Å². The zero-order valence-corrected chi connectivity index (χ0v) is 16.9. The van der Waals surface area contributed by atoms with E-state index in [0.717, 1.165) is 0 Å². The second-order valence-electron chi connectivity index (χ2n) is 8.06. The minimum absolute atomic E-state index is 0.187. The molecule has 4 rings (SSSR count). The van der Waals surface area contributed by atoms with Crippen molar-refractivity contribution in [1.82, 2.24) is 14.8 Å². The first-order valence-electron chi connectivity index (χ1n) is 10.2. The zero-order chi connectivity index (χ0) is 22.2. The quantitative estimate of drug-likeness (QED) is 0.618. The fraction of sp³-hybridized carbons (Fsp3) is 0.364. The Hall–Kier alpha value is -3.46. The Labute approximate surface area is 178 Å². The van der Waals surface area contributed by atoms with Crippen LogP contribution in [0.4, 0.5) is 0 Å². The minimum Gasteiger partial charge on any atom is -0.380 e. The summed E-state index contributed by atoms with van der Waals surface area (Å²) >= 11 is 0. The number of likely N-dealkylation sites (tertiary alicyclic amines) is 1. The van der Waals surface area contributed by atoms with Crippen molar-refractivity contribution in [3.05, 3.63) is 64.6 Å². The lowest BCUT2D eigenvalue weighted by molar-refractivity contribution is -0.151. The van der Waals surface area contributed by atoms with Crippen molar-refractivity contribution in [2.45, 2.75) is 43.4 Å². The fourth-order valence-electron chi connectivity index (χ4n) is 3.99. The van der Waals surface area contributed by atoms with Gasteiger partial charge in [0, 0.05) is 30.1 Å². The molecule has 1 aromatic carbocycles. The number of aromatic nitrogens is 1. The van der Waals surface area contributed by atoms with Gasteiger partial charge >= 0.3 is 0 Å². The average molecular weight is 424 g/mol. The topological polar surface area (TPSA) is 135 Å². The molecule has 1 saturated heterocycles. The van der Waals surface area contributed by atoms with Crippen LogP contribution in [0, 0.1) is 0 Å². The van der Waals surface area contributed by atoms with Gasteiger partial charge in [-0.3, -0.25) is 23.7 Å². The van der Waals surface area contributed by atoms with Crippen molar-refractivity contribution < 1.29 is 19.5 Å². The molecule has 162 valence electrons. The molecular weight excluding hydrogens is 400 g/mol. The van der Waals surface area contributed by atoms with Gasteiger partial charge in [-0.25, -0.2) is 0 Å². The second-order valence-corrected chi connectivity index (χ2v) is 8.06. The third-order valence-corrected chi connectivity index (χ3v) is 5.85. The molecule has 9 nitrogen and oxygen atoms in total. The van der Waals surface area contributed by atoms with E-state index in [1.165, 1.54) is 15.5 Å². The normalized spacial score (nSPS) is 21.9. The van der Waals surface area contributed by atoms with Gasteiger partial charge in [0.25, 0.3) is 17.4 Å². The number of nitrogens with one attached hydrogen (secondary N) is 1. The van der Waals surface area contributed by atoms with Gasteiger partial charge in [0.05, 0.1) is 6.04 Å². The summed E-state index contributed by atoms with van der Waals surface area (Å²) < 4.78 is 1.46. The summed E-state index contributed by atoms with van der Waals surface area (Å²) in [7, 11) is 0. The van der Waals surface area contributed by atoms with E-state index in [4.69, 9.17) is 5.73 Å². The number of carbonyl (C=O) groups is 3. The van der Waals surface area contributed by atoms with Crippen LogP contribution in [0.3, 0.4) is 0 Å². The van der Waals surface area contributed by atoms with Crippen LogP contribution in [0.2, 0.25) is 0 Å². The molecule has 1 aliphatic carbocycles. The number of primary amides is 1. The summed E-state index contributed by atoms with van der Waals surface area (Å²) in [6, 6.07) is 9.64. The Kier molecular flexibility index (Phi) is 5.36.